The molecule has 6 heteroatoms. The van der Waals surface area contributed by atoms with Crippen LogP contribution in [0.5, 0.6) is 5.75 Å². The Hall–Kier alpha value is -3.88. The SMILES string of the molecule is CC(NC(=O)C(C#N)=Cc1cccc(OC(=O)c2ccc(Cl)cc2)c1)c1ccccc1. The van der Waals surface area contributed by atoms with E-state index in [1.165, 1.54) is 6.08 Å². The van der Waals surface area contributed by atoms with E-state index in [1.54, 1.807) is 48.5 Å². The molecule has 0 aliphatic heterocycles. The van der Waals surface area contributed by atoms with Gasteiger partial charge in [0.2, 0.25) is 0 Å². The first-order valence-electron chi connectivity index (χ1n) is 9.51. The molecule has 0 aromatic heterocycles. The lowest BCUT2D eigenvalue weighted by atomic mass is 10.1. The van der Waals surface area contributed by atoms with E-state index in [9.17, 15) is 14.9 Å². The van der Waals surface area contributed by atoms with Crippen LogP contribution in [-0.4, -0.2) is 11.9 Å². The van der Waals surface area contributed by atoms with Crippen LogP contribution in [0.15, 0.2) is 84.4 Å². The summed E-state index contributed by atoms with van der Waals surface area (Å²) in [6, 6.07) is 24.1. The number of amides is 1. The summed E-state index contributed by atoms with van der Waals surface area (Å²) in [6.07, 6.45) is 1.45. The van der Waals surface area contributed by atoms with Gasteiger partial charge in [-0.1, -0.05) is 54.1 Å². The molecule has 5 nitrogen and oxygen atoms in total. The fourth-order valence-corrected chi connectivity index (χ4v) is 2.96. The largest absolute Gasteiger partial charge is 0.423 e. The predicted molar refractivity (Wildman–Crippen MR) is 119 cm³/mol. The summed E-state index contributed by atoms with van der Waals surface area (Å²) in [4.78, 5) is 24.8. The maximum absolute atomic E-state index is 12.5. The number of rotatable bonds is 6. The molecule has 3 aromatic carbocycles. The van der Waals surface area contributed by atoms with Crippen LogP contribution in [-0.2, 0) is 4.79 Å². The predicted octanol–water partition coefficient (Wildman–Crippen LogP) is 5.34. The zero-order valence-electron chi connectivity index (χ0n) is 16.7. The summed E-state index contributed by atoms with van der Waals surface area (Å²) in [5.74, 6) is -0.723. The Balaban J connectivity index is 1.72. The van der Waals surface area contributed by atoms with Crippen molar-refractivity contribution in [2.45, 2.75) is 13.0 Å². The van der Waals surface area contributed by atoms with E-state index >= 15 is 0 Å². The lowest BCUT2D eigenvalue weighted by Crippen LogP contribution is -2.27. The third kappa shape index (κ3) is 6.05. The van der Waals surface area contributed by atoms with Crippen molar-refractivity contribution in [2.75, 3.05) is 0 Å². The van der Waals surface area contributed by atoms with Crippen LogP contribution in [0.2, 0.25) is 5.02 Å². The standard InChI is InChI=1S/C25H19ClN2O3/c1-17(19-7-3-2-4-8-19)28-24(29)21(16-27)14-18-6-5-9-23(15-18)31-25(30)20-10-12-22(26)13-11-20/h2-15,17H,1H3,(H,28,29). The number of esters is 1. The normalized spacial score (nSPS) is 11.8. The van der Waals surface area contributed by atoms with Crippen LogP contribution in [0.3, 0.4) is 0 Å². The first kappa shape index (κ1) is 21.8. The number of benzene rings is 3. The topological polar surface area (TPSA) is 79.2 Å². The average Bonchev–Trinajstić information content (AvgIpc) is 2.78. The average molecular weight is 431 g/mol. The van der Waals surface area contributed by atoms with E-state index < -0.39 is 11.9 Å². The first-order chi connectivity index (χ1) is 15.0. The molecule has 1 atom stereocenters. The molecule has 1 unspecified atom stereocenters. The molecule has 3 rings (SSSR count). The zero-order valence-corrected chi connectivity index (χ0v) is 17.5. The molecule has 0 aliphatic carbocycles. The number of nitrogens with zero attached hydrogens (tertiary/aromatic N) is 1. The second kappa shape index (κ2) is 10.2. The number of ether oxygens (including phenoxy) is 1. The van der Waals surface area contributed by atoms with Crippen molar-refractivity contribution in [1.82, 2.24) is 5.32 Å². The number of hydrogen-bond acceptors (Lipinski definition) is 4. The van der Waals surface area contributed by atoms with Crippen molar-refractivity contribution in [2.24, 2.45) is 0 Å². The van der Waals surface area contributed by atoms with Crippen LogP contribution >= 0.6 is 11.6 Å². The number of nitrogens with one attached hydrogen (secondary N) is 1. The van der Waals surface area contributed by atoms with Crippen LogP contribution in [0.25, 0.3) is 6.08 Å². The Morgan fingerprint density at radius 3 is 2.42 bits per heavy atom. The molecule has 1 N–H and O–H groups in total. The maximum Gasteiger partial charge on any atom is 0.343 e. The van der Waals surface area contributed by atoms with Crippen LogP contribution in [0.4, 0.5) is 0 Å². The Labute approximate surface area is 185 Å². The van der Waals surface area contributed by atoms with Gasteiger partial charge < -0.3 is 10.1 Å². The maximum atomic E-state index is 12.5. The highest BCUT2D eigenvalue weighted by Gasteiger charge is 2.14. The van der Waals surface area contributed by atoms with Gasteiger partial charge in [0, 0.05) is 5.02 Å². The second-order valence-electron chi connectivity index (χ2n) is 6.74. The lowest BCUT2D eigenvalue weighted by Gasteiger charge is -2.13. The van der Waals surface area contributed by atoms with Gasteiger partial charge in [0.25, 0.3) is 5.91 Å². The molecule has 0 saturated heterocycles. The number of nitriles is 1. The van der Waals surface area contributed by atoms with Gasteiger partial charge >= 0.3 is 5.97 Å². The molecule has 0 aliphatic rings. The summed E-state index contributed by atoms with van der Waals surface area (Å²) in [5, 5.41) is 12.8. The molecule has 31 heavy (non-hydrogen) atoms. The van der Waals surface area contributed by atoms with Crippen molar-refractivity contribution in [3.63, 3.8) is 0 Å². The van der Waals surface area contributed by atoms with Crippen molar-refractivity contribution in [3.05, 3.63) is 106 Å². The van der Waals surface area contributed by atoms with Crippen molar-refractivity contribution in [3.8, 4) is 11.8 Å². The summed E-state index contributed by atoms with van der Waals surface area (Å²) < 4.78 is 5.38. The molecule has 1 amide bonds. The summed E-state index contributed by atoms with van der Waals surface area (Å²) in [6.45, 7) is 1.85. The van der Waals surface area contributed by atoms with E-state index in [1.807, 2.05) is 43.3 Å². The van der Waals surface area contributed by atoms with E-state index in [2.05, 4.69) is 5.32 Å². The molecule has 0 bridgehead atoms. The molecule has 0 heterocycles. The van der Waals surface area contributed by atoms with Crippen molar-refractivity contribution in [1.29, 1.82) is 5.26 Å². The molecule has 0 spiro atoms. The Kier molecular flexibility index (Phi) is 7.21. The molecule has 3 aromatic rings. The Morgan fingerprint density at radius 1 is 1.03 bits per heavy atom. The fraction of sp³-hybridized carbons (Fsp3) is 0.0800. The highest BCUT2D eigenvalue weighted by Crippen LogP contribution is 2.19. The summed E-state index contributed by atoms with van der Waals surface area (Å²) in [5.41, 5.74) is 1.80. The zero-order chi connectivity index (χ0) is 22.2. The fourth-order valence-electron chi connectivity index (χ4n) is 2.83. The highest BCUT2D eigenvalue weighted by molar-refractivity contribution is 6.30. The smallest absolute Gasteiger partial charge is 0.343 e. The molecule has 0 fully saturated rings. The number of carbonyl (C=O) groups is 2. The van der Waals surface area contributed by atoms with Gasteiger partial charge in [-0.15, -0.1) is 0 Å². The third-order valence-corrected chi connectivity index (χ3v) is 4.72. The minimum Gasteiger partial charge on any atom is -0.423 e. The monoisotopic (exact) mass is 430 g/mol. The van der Waals surface area contributed by atoms with E-state index in [0.717, 1.165) is 5.56 Å². The minimum absolute atomic E-state index is 0.0519. The van der Waals surface area contributed by atoms with Gasteiger partial charge in [-0.2, -0.15) is 5.26 Å². The van der Waals surface area contributed by atoms with Gasteiger partial charge in [0.15, 0.2) is 0 Å². The van der Waals surface area contributed by atoms with E-state index in [-0.39, 0.29) is 11.6 Å². The molecule has 154 valence electrons. The van der Waals surface area contributed by atoms with E-state index in [4.69, 9.17) is 16.3 Å². The molecular weight excluding hydrogens is 412 g/mol. The van der Waals surface area contributed by atoms with Gasteiger partial charge in [0.05, 0.1) is 11.6 Å². The Morgan fingerprint density at radius 2 is 1.74 bits per heavy atom. The van der Waals surface area contributed by atoms with Gasteiger partial charge in [0.1, 0.15) is 17.4 Å². The van der Waals surface area contributed by atoms with Crippen LogP contribution in [0, 0.1) is 11.3 Å². The number of halogens is 1. The van der Waals surface area contributed by atoms with Crippen LogP contribution in [0.1, 0.15) is 34.5 Å². The number of carbonyl (C=O) groups excluding carboxylic acids is 2. The van der Waals surface area contributed by atoms with Crippen LogP contribution < -0.4 is 10.1 Å². The first-order valence-corrected chi connectivity index (χ1v) is 9.89. The van der Waals surface area contributed by atoms with Gasteiger partial charge in [-0.05, 0) is 60.5 Å². The summed E-state index contributed by atoms with van der Waals surface area (Å²) >= 11 is 5.83. The van der Waals surface area contributed by atoms with Gasteiger partial charge in [-0.25, -0.2) is 4.79 Å². The van der Waals surface area contributed by atoms with Crippen molar-refractivity contribution < 1.29 is 14.3 Å². The van der Waals surface area contributed by atoms with Gasteiger partial charge in [-0.3, -0.25) is 4.79 Å². The second-order valence-corrected chi connectivity index (χ2v) is 7.18. The Bertz CT molecular complexity index is 1150. The quantitative estimate of drug-likeness (QED) is 0.247. The number of hydrogen-bond donors (Lipinski definition) is 1. The molecular formula is C25H19ClN2O3. The van der Waals surface area contributed by atoms with Crippen molar-refractivity contribution >= 4 is 29.6 Å². The molecule has 0 radical (unpaired) electrons. The minimum atomic E-state index is -0.535. The molecule has 0 saturated carbocycles. The lowest BCUT2D eigenvalue weighted by molar-refractivity contribution is -0.117. The van der Waals surface area contributed by atoms with E-state index in [0.29, 0.717) is 21.9 Å². The summed E-state index contributed by atoms with van der Waals surface area (Å²) in [7, 11) is 0. The third-order valence-electron chi connectivity index (χ3n) is 4.47. The highest BCUT2D eigenvalue weighted by atomic mass is 35.5.